The van der Waals surface area contributed by atoms with Crippen LogP contribution in [0.3, 0.4) is 0 Å². The second-order valence-corrected chi connectivity index (χ2v) is 7.29. The average molecular weight is 390 g/mol. The standard InChI is InChI=1S/C23H26N4O2/c1-18-4-2-3-5-21(18)23(29)25-11-10-22(28)27-14-12-26(13-15-27)17-20-8-6-19(16-24)7-9-20/h2-9H,10-15,17H2,1H3,(H,25,29). The van der Waals surface area contributed by atoms with Crippen LogP contribution in [0.2, 0.25) is 0 Å². The zero-order valence-electron chi connectivity index (χ0n) is 16.7. The summed E-state index contributed by atoms with van der Waals surface area (Å²) in [5, 5.41) is 11.7. The summed E-state index contributed by atoms with van der Waals surface area (Å²) in [4.78, 5) is 28.8. The zero-order chi connectivity index (χ0) is 20.6. The Morgan fingerprint density at radius 3 is 2.38 bits per heavy atom. The van der Waals surface area contributed by atoms with Crippen molar-refractivity contribution >= 4 is 11.8 Å². The number of rotatable bonds is 6. The summed E-state index contributed by atoms with van der Waals surface area (Å²) in [7, 11) is 0. The fraction of sp³-hybridized carbons (Fsp3) is 0.348. The van der Waals surface area contributed by atoms with Gasteiger partial charge in [0.05, 0.1) is 11.6 Å². The van der Waals surface area contributed by atoms with Crippen molar-refractivity contribution in [2.24, 2.45) is 0 Å². The molecule has 2 amide bonds. The molecule has 2 aromatic carbocycles. The van der Waals surface area contributed by atoms with Gasteiger partial charge in [0.25, 0.3) is 5.91 Å². The average Bonchev–Trinajstić information content (AvgIpc) is 2.75. The third-order valence-electron chi connectivity index (χ3n) is 5.23. The first-order valence-electron chi connectivity index (χ1n) is 9.90. The molecule has 0 aromatic heterocycles. The van der Waals surface area contributed by atoms with E-state index in [1.165, 1.54) is 5.56 Å². The maximum absolute atomic E-state index is 12.4. The Bertz CT molecular complexity index is 894. The zero-order valence-corrected chi connectivity index (χ0v) is 16.7. The smallest absolute Gasteiger partial charge is 0.251 e. The second kappa shape index (κ2) is 9.85. The number of benzene rings is 2. The molecule has 0 spiro atoms. The number of hydrogen-bond donors (Lipinski definition) is 1. The highest BCUT2D eigenvalue weighted by Crippen LogP contribution is 2.11. The van der Waals surface area contributed by atoms with E-state index in [0.29, 0.717) is 37.2 Å². The molecule has 0 aliphatic carbocycles. The first-order chi connectivity index (χ1) is 14.1. The molecule has 6 heteroatoms. The minimum Gasteiger partial charge on any atom is -0.352 e. The van der Waals surface area contributed by atoms with Gasteiger partial charge in [-0.2, -0.15) is 5.26 Å². The predicted molar refractivity (Wildman–Crippen MR) is 111 cm³/mol. The molecule has 2 aromatic rings. The van der Waals surface area contributed by atoms with E-state index in [-0.39, 0.29) is 11.8 Å². The predicted octanol–water partition coefficient (Wildman–Crippen LogP) is 2.33. The van der Waals surface area contributed by atoms with Crippen molar-refractivity contribution in [1.29, 1.82) is 5.26 Å². The molecular formula is C23H26N4O2. The molecule has 0 radical (unpaired) electrons. The summed E-state index contributed by atoms with van der Waals surface area (Å²) in [6, 6.07) is 17.2. The molecule has 1 heterocycles. The Balaban J connectivity index is 1.39. The Morgan fingerprint density at radius 1 is 1.03 bits per heavy atom. The van der Waals surface area contributed by atoms with Crippen LogP contribution in [0.5, 0.6) is 0 Å². The number of hydrogen-bond acceptors (Lipinski definition) is 4. The fourth-order valence-corrected chi connectivity index (χ4v) is 3.46. The van der Waals surface area contributed by atoms with E-state index in [9.17, 15) is 9.59 Å². The molecule has 150 valence electrons. The van der Waals surface area contributed by atoms with Crippen molar-refractivity contribution in [3.63, 3.8) is 0 Å². The van der Waals surface area contributed by atoms with Crippen LogP contribution in [0.15, 0.2) is 48.5 Å². The van der Waals surface area contributed by atoms with Gasteiger partial charge in [-0.3, -0.25) is 14.5 Å². The molecule has 0 atom stereocenters. The number of carbonyl (C=O) groups is 2. The minimum atomic E-state index is -0.136. The van der Waals surface area contributed by atoms with Crippen LogP contribution in [0, 0.1) is 18.3 Å². The highest BCUT2D eigenvalue weighted by Gasteiger charge is 2.21. The highest BCUT2D eigenvalue weighted by atomic mass is 16.2. The van der Waals surface area contributed by atoms with Crippen LogP contribution in [-0.4, -0.2) is 54.3 Å². The monoisotopic (exact) mass is 390 g/mol. The van der Waals surface area contributed by atoms with Gasteiger partial charge in [-0.1, -0.05) is 30.3 Å². The van der Waals surface area contributed by atoms with E-state index >= 15 is 0 Å². The van der Waals surface area contributed by atoms with Crippen molar-refractivity contribution in [2.75, 3.05) is 32.7 Å². The van der Waals surface area contributed by atoms with Crippen LogP contribution in [0.1, 0.15) is 33.5 Å². The maximum Gasteiger partial charge on any atom is 0.251 e. The van der Waals surface area contributed by atoms with Gasteiger partial charge in [-0.05, 0) is 36.2 Å². The molecule has 1 N–H and O–H groups in total. The largest absolute Gasteiger partial charge is 0.352 e. The number of aryl methyl sites for hydroxylation is 1. The van der Waals surface area contributed by atoms with Crippen LogP contribution in [0.25, 0.3) is 0 Å². The van der Waals surface area contributed by atoms with Crippen LogP contribution in [-0.2, 0) is 11.3 Å². The lowest BCUT2D eigenvalue weighted by Gasteiger charge is -2.34. The van der Waals surface area contributed by atoms with Crippen molar-refractivity contribution < 1.29 is 9.59 Å². The Hall–Kier alpha value is -3.17. The first-order valence-corrected chi connectivity index (χ1v) is 9.90. The number of amides is 2. The summed E-state index contributed by atoms with van der Waals surface area (Å²) >= 11 is 0. The van der Waals surface area contributed by atoms with Crippen LogP contribution < -0.4 is 5.32 Å². The highest BCUT2D eigenvalue weighted by molar-refractivity contribution is 5.95. The second-order valence-electron chi connectivity index (χ2n) is 7.29. The summed E-state index contributed by atoms with van der Waals surface area (Å²) < 4.78 is 0. The quantitative estimate of drug-likeness (QED) is 0.821. The van der Waals surface area contributed by atoms with Gasteiger partial charge in [0.2, 0.25) is 5.91 Å². The van der Waals surface area contributed by atoms with Gasteiger partial charge in [0.15, 0.2) is 0 Å². The Labute approximate surface area is 171 Å². The molecule has 1 fully saturated rings. The van der Waals surface area contributed by atoms with Crippen molar-refractivity contribution in [3.05, 3.63) is 70.8 Å². The van der Waals surface area contributed by atoms with Gasteiger partial charge < -0.3 is 10.2 Å². The van der Waals surface area contributed by atoms with Crippen LogP contribution >= 0.6 is 0 Å². The van der Waals surface area contributed by atoms with Gasteiger partial charge in [-0.15, -0.1) is 0 Å². The topological polar surface area (TPSA) is 76.4 Å². The molecule has 0 bridgehead atoms. The number of piperazine rings is 1. The van der Waals surface area contributed by atoms with E-state index in [0.717, 1.165) is 25.2 Å². The molecule has 6 nitrogen and oxygen atoms in total. The lowest BCUT2D eigenvalue weighted by Crippen LogP contribution is -2.48. The van der Waals surface area contributed by atoms with E-state index < -0.39 is 0 Å². The molecule has 1 saturated heterocycles. The normalized spacial score (nSPS) is 14.3. The third kappa shape index (κ3) is 5.66. The minimum absolute atomic E-state index is 0.0770. The third-order valence-corrected chi connectivity index (χ3v) is 5.23. The van der Waals surface area contributed by atoms with Crippen molar-refractivity contribution in [2.45, 2.75) is 19.9 Å². The molecule has 0 unspecified atom stereocenters. The molecule has 0 saturated carbocycles. The van der Waals surface area contributed by atoms with Gasteiger partial charge in [-0.25, -0.2) is 0 Å². The number of nitriles is 1. The Kier molecular flexibility index (Phi) is 6.99. The lowest BCUT2D eigenvalue weighted by molar-refractivity contribution is -0.132. The summed E-state index contributed by atoms with van der Waals surface area (Å²) in [6.45, 7) is 6.10. The first kappa shape index (κ1) is 20.6. The number of carbonyl (C=O) groups excluding carboxylic acids is 2. The summed E-state index contributed by atoms with van der Waals surface area (Å²) in [6.07, 6.45) is 0.313. The van der Waals surface area contributed by atoms with E-state index in [1.807, 2.05) is 54.3 Å². The van der Waals surface area contributed by atoms with Gasteiger partial charge in [0, 0.05) is 51.3 Å². The molecule has 1 aliphatic heterocycles. The molecular weight excluding hydrogens is 364 g/mol. The summed E-state index contributed by atoms with van der Waals surface area (Å²) in [5.41, 5.74) is 3.41. The van der Waals surface area contributed by atoms with E-state index in [1.54, 1.807) is 6.07 Å². The SMILES string of the molecule is Cc1ccccc1C(=O)NCCC(=O)N1CCN(Cc2ccc(C#N)cc2)CC1. The lowest BCUT2D eigenvalue weighted by atomic mass is 10.1. The Morgan fingerprint density at radius 2 is 1.72 bits per heavy atom. The molecule has 29 heavy (non-hydrogen) atoms. The summed E-state index contributed by atoms with van der Waals surface area (Å²) in [5.74, 6) is -0.0590. The fourth-order valence-electron chi connectivity index (χ4n) is 3.46. The van der Waals surface area contributed by atoms with E-state index in [4.69, 9.17) is 5.26 Å². The van der Waals surface area contributed by atoms with Crippen molar-refractivity contribution in [3.8, 4) is 6.07 Å². The van der Waals surface area contributed by atoms with Crippen molar-refractivity contribution in [1.82, 2.24) is 15.1 Å². The molecule has 3 rings (SSSR count). The van der Waals surface area contributed by atoms with Gasteiger partial charge in [0.1, 0.15) is 0 Å². The van der Waals surface area contributed by atoms with E-state index in [2.05, 4.69) is 16.3 Å². The maximum atomic E-state index is 12.4. The molecule has 1 aliphatic rings. The van der Waals surface area contributed by atoms with Crippen LogP contribution in [0.4, 0.5) is 0 Å². The number of nitrogens with one attached hydrogen (secondary N) is 1. The number of nitrogens with zero attached hydrogens (tertiary/aromatic N) is 3. The van der Waals surface area contributed by atoms with Gasteiger partial charge >= 0.3 is 0 Å².